The van der Waals surface area contributed by atoms with Crippen molar-refractivity contribution in [3.8, 4) is 5.75 Å². The van der Waals surface area contributed by atoms with Crippen LogP contribution in [-0.2, 0) is 11.8 Å². The van der Waals surface area contributed by atoms with Gasteiger partial charge in [0.2, 0.25) is 0 Å². The Balaban J connectivity index is 2.15. The third kappa shape index (κ3) is 1.36. The maximum absolute atomic E-state index is 5.52. The molecular weight excluding hydrogens is 186 g/mol. The summed E-state index contributed by atoms with van der Waals surface area (Å²) in [7, 11) is 1.78. The molecule has 1 N–H and O–H groups in total. The van der Waals surface area contributed by atoms with Gasteiger partial charge in [-0.2, -0.15) is 0 Å². The Hall–Kier alpha value is -1.02. The fourth-order valence-corrected chi connectivity index (χ4v) is 2.77. The molecule has 0 bridgehead atoms. The summed E-state index contributed by atoms with van der Waals surface area (Å²) in [6.45, 7) is 2.22. The Morgan fingerprint density at radius 3 is 2.93 bits per heavy atom. The predicted octanol–water partition coefficient (Wildman–Crippen LogP) is 1.87. The minimum atomic E-state index is 0.401. The molecule has 2 aliphatic rings. The molecule has 1 aromatic carbocycles. The van der Waals surface area contributed by atoms with Crippen LogP contribution in [0, 0.1) is 0 Å². The van der Waals surface area contributed by atoms with Crippen molar-refractivity contribution in [1.82, 2.24) is 5.32 Å². The molecular formula is C13H17NO. The third-order valence-corrected chi connectivity index (χ3v) is 3.75. The summed E-state index contributed by atoms with van der Waals surface area (Å²) in [5.74, 6) is 1.09. The Morgan fingerprint density at radius 2 is 2.20 bits per heavy atom. The molecule has 15 heavy (non-hydrogen) atoms. The predicted molar refractivity (Wildman–Crippen MR) is 60.5 cm³/mol. The Kier molecular flexibility index (Phi) is 1.99. The maximum Gasteiger partial charge on any atom is 0.122 e. The Bertz CT molecular complexity index is 382. The van der Waals surface area contributed by atoms with Crippen molar-refractivity contribution < 1.29 is 4.74 Å². The highest BCUT2D eigenvalue weighted by molar-refractivity contribution is 5.50. The summed E-state index contributed by atoms with van der Waals surface area (Å²) in [5, 5.41) is 3.54. The quantitative estimate of drug-likeness (QED) is 0.752. The monoisotopic (exact) mass is 203 g/mol. The topological polar surface area (TPSA) is 21.3 Å². The third-order valence-electron chi connectivity index (χ3n) is 3.75. The summed E-state index contributed by atoms with van der Waals surface area (Å²) in [6.07, 6.45) is 3.76. The van der Waals surface area contributed by atoms with Gasteiger partial charge in [0.15, 0.2) is 0 Å². The lowest BCUT2D eigenvalue weighted by molar-refractivity contribution is 0.403. The second-order valence-electron chi connectivity index (χ2n) is 4.70. The van der Waals surface area contributed by atoms with Crippen molar-refractivity contribution in [2.75, 3.05) is 20.2 Å². The molecule has 2 heteroatoms. The lowest BCUT2D eigenvalue weighted by Crippen LogP contribution is -2.25. The maximum atomic E-state index is 5.52. The first-order valence-corrected chi connectivity index (χ1v) is 5.73. The van der Waals surface area contributed by atoms with Crippen LogP contribution in [0.1, 0.15) is 24.0 Å². The van der Waals surface area contributed by atoms with Crippen molar-refractivity contribution in [2.45, 2.75) is 24.7 Å². The van der Waals surface area contributed by atoms with E-state index in [0.29, 0.717) is 5.41 Å². The van der Waals surface area contributed by atoms with E-state index in [1.165, 1.54) is 24.0 Å². The van der Waals surface area contributed by atoms with Gasteiger partial charge in [0, 0.05) is 17.5 Å². The lowest BCUT2D eigenvalue weighted by Gasteiger charge is -2.19. The number of rotatable bonds is 1. The normalized spacial score (nSPS) is 21.9. The largest absolute Gasteiger partial charge is 0.496 e. The Labute approximate surface area is 90.6 Å². The van der Waals surface area contributed by atoms with E-state index in [9.17, 15) is 0 Å². The first kappa shape index (κ1) is 9.22. The lowest BCUT2D eigenvalue weighted by atomic mass is 9.90. The van der Waals surface area contributed by atoms with Crippen LogP contribution >= 0.6 is 0 Å². The van der Waals surface area contributed by atoms with E-state index in [1.807, 2.05) is 0 Å². The molecule has 0 amide bonds. The van der Waals surface area contributed by atoms with Gasteiger partial charge in [-0.05, 0) is 37.4 Å². The Morgan fingerprint density at radius 1 is 1.33 bits per heavy atom. The van der Waals surface area contributed by atoms with Crippen LogP contribution in [0.4, 0.5) is 0 Å². The minimum absolute atomic E-state index is 0.401. The van der Waals surface area contributed by atoms with Crippen LogP contribution < -0.4 is 10.1 Å². The van der Waals surface area contributed by atoms with Gasteiger partial charge < -0.3 is 10.1 Å². The van der Waals surface area contributed by atoms with Gasteiger partial charge in [-0.15, -0.1) is 0 Å². The van der Waals surface area contributed by atoms with Crippen LogP contribution in [0.25, 0.3) is 0 Å². The summed E-state index contributed by atoms with van der Waals surface area (Å²) in [5.41, 5.74) is 3.37. The fourth-order valence-electron chi connectivity index (χ4n) is 2.77. The second-order valence-corrected chi connectivity index (χ2v) is 4.70. The number of hydrogen-bond donors (Lipinski definition) is 1. The van der Waals surface area contributed by atoms with Crippen molar-refractivity contribution in [1.29, 1.82) is 0 Å². The number of methoxy groups -OCH3 is 1. The van der Waals surface area contributed by atoms with Crippen LogP contribution in [0.3, 0.4) is 0 Å². The highest BCUT2D eigenvalue weighted by Crippen LogP contribution is 2.52. The van der Waals surface area contributed by atoms with E-state index in [2.05, 4.69) is 23.5 Å². The van der Waals surface area contributed by atoms with Gasteiger partial charge in [-0.25, -0.2) is 0 Å². The first-order chi connectivity index (χ1) is 7.36. The minimum Gasteiger partial charge on any atom is -0.496 e. The molecule has 1 aliphatic heterocycles. The van der Waals surface area contributed by atoms with Gasteiger partial charge in [-0.1, -0.05) is 12.1 Å². The van der Waals surface area contributed by atoms with Gasteiger partial charge in [0.1, 0.15) is 5.75 Å². The summed E-state index contributed by atoms with van der Waals surface area (Å²) in [6, 6.07) is 6.47. The summed E-state index contributed by atoms with van der Waals surface area (Å²) in [4.78, 5) is 0. The number of nitrogens with one attached hydrogen (secondary N) is 1. The highest BCUT2D eigenvalue weighted by atomic mass is 16.5. The molecule has 1 heterocycles. The van der Waals surface area contributed by atoms with E-state index in [-0.39, 0.29) is 0 Å². The molecule has 1 aromatic rings. The van der Waals surface area contributed by atoms with Gasteiger partial charge in [0.05, 0.1) is 7.11 Å². The molecule has 0 saturated heterocycles. The molecule has 0 unspecified atom stereocenters. The van der Waals surface area contributed by atoms with Crippen LogP contribution in [0.15, 0.2) is 18.2 Å². The van der Waals surface area contributed by atoms with Crippen LogP contribution in [0.2, 0.25) is 0 Å². The number of fused-ring (bicyclic) bond motifs is 2. The first-order valence-electron chi connectivity index (χ1n) is 5.73. The highest BCUT2D eigenvalue weighted by Gasteiger charge is 2.47. The van der Waals surface area contributed by atoms with Crippen molar-refractivity contribution in [3.63, 3.8) is 0 Å². The molecule has 0 atom stereocenters. The van der Waals surface area contributed by atoms with Crippen molar-refractivity contribution in [2.24, 2.45) is 0 Å². The summed E-state index contributed by atoms with van der Waals surface area (Å²) >= 11 is 0. The van der Waals surface area contributed by atoms with Crippen LogP contribution in [0.5, 0.6) is 5.75 Å². The molecule has 2 nitrogen and oxygen atoms in total. The number of ether oxygens (including phenoxy) is 1. The smallest absolute Gasteiger partial charge is 0.122 e. The average Bonchev–Trinajstić information content (AvgIpc) is 3.07. The fraction of sp³-hybridized carbons (Fsp3) is 0.538. The number of benzene rings is 1. The van der Waals surface area contributed by atoms with Crippen molar-refractivity contribution >= 4 is 0 Å². The zero-order chi connectivity index (χ0) is 10.3. The van der Waals surface area contributed by atoms with Crippen molar-refractivity contribution in [3.05, 3.63) is 29.3 Å². The molecule has 80 valence electrons. The molecule has 0 radical (unpaired) electrons. The SMILES string of the molecule is COc1cccc2c1C1(CC1)CNCC2. The van der Waals surface area contributed by atoms with E-state index in [1.54, 1.807) is 7.11 Å². The van der Waals surface area contributed by atoms with E-state index < -0.39 is 0 Å². The van der Waals surface area contributed by atoms with Crippen LogP contribution in [-0.4, -0.2) is 20.2 Å². The van der Waals surface area contributed by atoms with Gasteiger partial charge >= 0.3 is 0 Å². The number of hydrogen-bond acceptors (Lipinski definition) is 2. The van der Waals surface area contributed by atoms with E-state index >= 15 is 0 Å². The molecule has 1 aliphatic carbocycles. The molecule has 1 saturated carbocycles. The molecule has 0 aromatic heterocycles. The molecule has 3 rings (SSSR count). The zero-order valence-electron chi connectivity index (χ0n) is 9.18. The molecule has 1 fully saturated rings. The standard InChI is InChI=1S/C13H17NO/c1-15-11-4-2-3-10-5-8-14-9-13(6-7-13)12(10)11/h2-4,14H,5-9H2,1H3. The molecule has 1 spiro atoms. The van der Waals surface area contributed by atoms with Gasteiger partial charge in [0.25, 0.3) is 0 Å². The van der Waals surface area contributed by atoms with E-state index in [0.717, 1.165) is 25.3 Å². The second kappa shape index (κ2) is 3.24. The summed E-state index contributed by atoms with van der Waals surface area (Å²) < 4.78 is 5.52. The van der Waals surface area contributed by atoms with Gasteiger partial charge in [-0.3, -0.25) is 0 Å². The average molecular weight is 203 g/mol. The van der Waals surface area contributed by atoms with E-state index in [4.69, 9.17) is 4.74 Å². The zero-order valence-corrected chi connectivity index (χ0v) is 9.18.